The van der Waals surface area contributed by atoms with E-state index in [0.29, 0.717) is 11.3 Å². The van der Waals surface area contributed by atoms with E-state index in [2.05, 4.69) is 69.5 Å². The zero-order valence-electron chi connectivity index (χ0n) is 13.0. The summed E-state index contributed by atoms with van der Waals surface area (Å²) in [5, 5.41) is 7.25. The molecule has 2 N–H and O–H groups in total. The van der Waals surface area contributed by atoms with Crippen LogP contribution in [0.5, 0.6) is 0 Å². The van der Waals surface area contributed by atoms with Crippen LogP contribution in [0.4, 0.5) is 5.69 Å². The second-order valence-electron chi connectivity index (χ2n) is 7.67. The van der Waals surface area contributed by atoms with E-state index in [-0.39, 0.29) is 5.54 Å². The molecule has 0 saturated heterocycles. The van der Waals surface area contributed by atoms with Crippen molar-refractivity contribution in [1.82, 2.24) is 5.32 Å². The van der Waals surface area contributed by atoms with E-state index < -0.39 is 0 Å². The maximum atomic E-state index is 3.76. The second kappa shape index (κ2) is 5.16. The lowest BCUT2D eigenvalue weighted by atomic mass is 9.81. The standard InChI is InChI=1S/C17H28N2/c1-16(2,3)12-17(4,5)19-11-13-10-18-15-9-7-6-8-14(13)15/h6-9,13,18-19H,10-12H2,1-5H3. The van der Waals surface area contributed by atoms with Gasteiger partial charge < -0.3 is 10.6 Å². The normalized spacial score (nSPS) is 19.1. The molecule has 0 fully saturated rings. The molecule has 2 rings (SSSR count). The highest BCUT2D eigenvalue weighted by atomic mass is 15.0. The van der Waals surface area contributed by atoms with Crippen molar-refractivity contribution in [2.24, 2.45) is 5.41 Å². The van der Waals surface area contributed by atoms with Gasteiger partial charge in [0.15, 0.2) is 0 Å². The number of hydrogen-bond donors (Lipinski definition) is 2. The van der Waals surface area contributed by atoms with Crippen molar-refractivity contribution in [2.75, 3.05) is 18.4 Å². The van der Waals surface area contributed by atoms with Gasteiger partial charge in [0.05, 0.1) is 0 Å². The van der Waals surface area contributed by atoms with Crippen LogP contribution in [0.2, 0.25) is 0 Å². The third kappa shape index (κ3) is 3.97. The van der Waals surface area contributed by atoms with Crippen LogP contribution in [0.3, 0.4) is 0 Å². The average molecular weight is 260 g/mol. The molecule has 0 spiro atoms. The lowest BCUT2D eigenvalue weighted by Crippen LogP contribution is -2.44. The highest BCUT2D eigenvalue weighted by Crippen LogP contribution is 2.32. The minimum absolute atomic E-state index is 0.190. The molecule has 1 heterocycles. The molecule has 106 valence electrons. The van der Waals surface area contributed by atoms with Crippen molar-refractivity contribution in [3.05, 3.63) is 29.8 Å². The number of anilines is 1. The third-order valence-corrected chi connectivity index (χ3v) is 3.74. The quantitative estimate of drug-likeness (QED) is 0.855. The fourth-order valence-corrected chi connectivity index (χ4v) is 3.33. The van der Waals surface area contributed by atoms with Gasteiger partial charge in [-0.1, -0.05) is 39.0 Å². The summed E-state index contributed by atoms with van der Waals surface area (Å²) in [7, 11) is 0. The van der Waals surface area contributed by atoms with E-state index in [1.165, 1.54) is 17.7 Å². The Labute approximate surface area is 118 Å². The molecule has 0 amide bonds. The minimum Gasteiger partial charge on any atom is -0.384 e. The van der Waals surface area contributed by atoms with E-state index >= 15 is 0 Å². The molecule has 2 heteroatoms. The van der Waals surface area contributed by atoms with Gasteiger partial charge >= 0.3 is 0 Å². The average Bonchev–Trinajstić information content (AvgIpc) is 2.66. The fraction of sp³-hybridized carbons (Fsp3) is 0.647. The summed E-state index contributed by atoms with van der Waals surface area (Å²) in [5.41, 5.74) is 3.32. The van der Waals surface area contributed by atoms with E-state index in [4.69, 9.17) is 0 Å². The molecule has 2 nitrogen and oxygen atoms in total. The Hall–Kier alpha value is -1.02. The molecule has 1 atom stereocenters. The molecule has 1 aromatic carbocycles. The van der Waals surface area contributed by atoms with Crippen LogP contribution < -0.4 is 10.6 Å². The molecule has 1 aromatic rings. The molecule has 0 radical (unpaired) electrons. The summed E-state index contributed by atoms with van der Waals surface area (Å²) in [6.07, 6.45) is 1.18. The summed E-state index contributed by atoms with van der Waals surface area (Å²) >= 11 is 0. The Bertz CT molecular complexity index is 429. The van der Waals surface area contributed by atoms with Crippen molar-refractivity contribution in [1.29, 1.82) is 0 Å². The molecule has 1 aliphatic rings. The second-order valence-corrected chi connectivity index (χ2v) is 7.67. The maximum Gasteiger partial charge on any atom is 0.0376 e. The van der Waals surface area contributed by atoms with E-state index in [1.54, 1.807) is 0 Å². The lowest BCUT2D eigenvalue weighted by Gasteiger charge is -2.34. The molecular formula is C17H28N2. The van der Waals surface area contributed by atoms with Crippen LogP contribution in [0.25, 0.3) is 0 Å². The molecule has 1 unspecified atom stereocenters. The highest BCUT2D eigenvalue weighted by Gasteiger charge is 2.28. The number of rotatable bonds is 4. The third-order valence-electron chi connectivity index (χ3n) is 3.74. The Morgan fingerprint density at radius 2 is 1.84 bits per heavy atom. The van der Waals surface area contributed by atoms with Gasteiger partial charge in [-0.3, -0.25) is 0 Å². The molecule has 0 aromatic heterocycles. The summed E-state index contributed by atoms with van der Waals surface area (Å²) < 4.78 is 0. The van der Waals surface area contributed by atoms with E-state index in [1.807, 2.05) is 0 Å². The van der Waals surface area contributed by atoms with Gasteiger partial charge in [0.1, 0.15) is 0 Å². The minimum atomic E-state index is 0.190. The van der Waals surface area contributed by atoms with Crippen LogP contribution in [0.15, 0.2) is 24.3 Å². The summed E-state index contributed by atoms with van der Waals surface area (Å²) in [6.45, 7) is 13.7. The number of nitrogens with one attached hydrogen (secondary N) is 2. The van der Waals surface area contributed by atoms with Gasteiger partial charge in [-0.2, -0.15) is 0 Å². The van der Waals surface area contributed by atoms with Crippen molar-refractivity contribution in [2.45, 2.75) is 52.5 Å². The zero-order chi connectivity index (χ0) is 14.1. The monoisotopic (exact) mass is 260 g/mol. The van der Waals surface area contributed by atoms with Gasteiger partial charge in [-0.25, -0.2) is 0 Å². The fourth-order valence-electron chi connectivity index (χ4n) is 3.33. The highest BCUT2D eigenvalue weighted by molar-refractivity contribution is 5.57. The largest absolute Gasteiger partial charge is 0.384 e. The van der Waals surface area contributed by atoms with Gasteiger partial charge in [0, 0.05) is 30.2 Å². The Balaban J connectivity index is 1.93. The first-order valence-electron chi connectivity index (χ1n) is 7.35. The number of fused-ring (bicyclic) bond motifs is 1. The maximum absolute atomic E-state index is 3.76. The number of benzene rings is 1. The van der Waals surface area contributed by atoms with E-state index in [9.17, 15) is 0 Å². The van der Waals surface area contributed by atoms with Crippen LogP contribution in [-0.4, -0.2) is 18.6 Å². The summed E-state index contributed by atoms with van der Waals surface area (Å²) in [6, 6.07) is 8.67. The van der Waals surface area contributed by atoms with Crippen molar-refractivity contribution in [3.8, 4) is 0 Å². The molecule has 1 aliphatic heterocycles. The van der Waals surface area contributed by atoms with Gasteiger partial charge in [0.25, 0.3) is 0 Å². The Morgan fingerprint density at radius 1 is 1.16 bits per heavy atom. The first-order chi connectivity index (χ1) is 8.77. The van der Waals surface area contributed by atoms with Gasteiger partial charge in [0.2, 0.25) is 0 Å². The summed E-state index contributed by atoms with van der Waals surface area (Å²) in [4.78, 5) is 0. The van der Waals surface area contributed by atoms with Crippen LogP contribution in [0, 0.1) is 5.41 Å². The lowest BCUT2D eigenvalue weighted by molar-refractivity contribution is 0.240. The number of para-hydroxylation sites is 1. The first kappa shape index (κ1) is 14.4. The topological polar surface area (TPSA) is 24.1 Å². The SMILES string of the molecule is CC(C)(C)CC(C)(C)NCC1CNc2ccccc21. The van der Waals surface area contributed by atoms with Crippen molar-refractivity contribution in [3.63, 3.8) is 0 Å². The van der Waals surface area contributed by atoms with Crippen LogP contribution in [0.1, 0.15) is 52.5 Å². The van der Waals surface area contributed by atoms with Crippen molar-refractivity contribution >= 4 is 5.69 Å². The van der Waals surface area contributed by atoms with Gasteiger partial charge in [-0.05, 0) is 37.3 Å². The van der Waals surface area contributed by atoms with Crippen LogP contribution in [-0.2, 0) is 0 Å². The van der Waals surface area contributed by atoms with Crippen molar-refractivity contribution < 1.29 is 0 Å². The molecule has 0 bridgehead atoms. The molecule has 0 saturated carbocycles. The predicted molar refractivity (Wildman–Crippen MR) is 83.8 cm³/mol. The smallest absolute Gasteiger partial charge is 0.0376 e. The first-order valence-corrected chi connectivity index (χ1v) is 7.35. The molecule has 19 heavy (non-hydrogen) atoms. The molecular weight excluding hydrogens is 232 g/mol. The Kier molecular flexibility index (Phi) is 3.91. The predicted octanol–water partition coefficient (Wildman–Crippen LogP) is 4.00. The molecule has 0 aliphatic carbocycles. The summed E-state index contributed by atoms with van der Waals surface area (Å²) in [5.74, 6) is 0.593. The van der Waals surface area contributed by atoms with Gasteiger partial charge in [-0.15, -0.1) is 0 Å². The zero-order valence-corrected chi connectivity index (χ0v) is 13.0. The number of hydrogen-bond acceptors (Lipinski definition) is 2. The Morgan fingerprint density at radius 3 is 2.53 bits per heavy atom. The van der Waals surface area contributed by atoms with E-state index in [0.717, 1.165) is 13.1 Å². The van der Waals surface area contributed by atoms with Crippen LogP contribution >= 0.6 is 0 Å².